The molecule has 22 heavy (non-hydrogen) atoms. The van der Waals surface area contributed by atoms with E-state index >= 15 is 0 Å². The Labute approximate surface area is 130 Å². The van der Waals surface area contributed by atoms with E-state index in [0.29, 0.717) is 31.4 Å². The van der Waals surface area contributed by atoms with E-state index in [1.165, 1.54) is 0 Å². The largest absolute Gasteiger partial charge is 0.378 e. The average molecular weight is 327 g/mol. The van der Waals surface area contributed by atoms with Gasteiger partial charge >= 0.3 is 0 Å². The van der Waals surface area contributed by atoms with Gasteiger partial charge in [0.2, 0.25) is 15.9 Å². The Morgan fingerprint density at radius 1 is 1.23 bits per heavy atom. The number of piperidine rings is 1. The molecule has 1 aromatic heterocycles. The molecule has 1 aromatic rings. The van der Waals surface area contributed by atoms with Crippen LogP contribution < -0.4 is 0 Å². The average Bonchev–Trinajstić information content (AvgIpc) is 3.29. The molecule has 2 saturated heterocycles. The number of aryl methyl sites for hydroxylation is 1. The number of sulfonamides is 1. The minimum atomic E-state index is -3.13. The molecule has 7 nitrogen and oxygen atoms in total. The van der Waals surface area contributed by atoms with Crippen LogP contribution in [0.3, 0.4) is 0 Å². The van der Waals surface area contributed by atoms with Crippen molar-refractivity contribution in [1.82, 2.24) is 14.4 Å². The standard InChI is InChI=1S/C14H21N3O4S/c1-9-15-14(21-16-9)11-5-7-20-13-4-6-17(8-12(11)13)22(18,19)10-2-3-10/h10-13H,2-8H2,1H3/t11-,12-,13-/m1/s1. The summed E-state index contributed by atoms with van der Waals surface area (Å²) in [5.74, 6) is 1.45. The lowest BCUT2D eigenvalue weighted by molar-refractivity contribution is -0.0692. The van der Waals surface area contributed by atoms with E-state index < -0.39 is 10.0 Å². The van der Waals surface area contributed by atoms with Crippen LogP contribution in [0.15, 0.2) is 4.52 Å². The fraction of sp³-hybridized carbons (Fsp3) is 0.857. The van der Waals surface area contributed by atoms with Gasteiger partial charge in [-0.2, -0.15) is 4.98 Å². The van der Waals surface area contributed by atoms with E-state index in [-0.39, 0.29) is 23.2 Å². The molecular formula is C14H21N3O4S. The molecule has 2 aliphatic heterocycles. The van der Waals surface area contributed by atoms with Crippen LogP contribution in [0.4, 0.5) is 0 Å². The summed E-state index contributed by atoms with van der Waals surface area (Å²) in [7, 11) is -3.13. The number of rotatable bonds is 3. The van der Waals surface area contributed by atoms with Gasteiger partial charge in [-0.3, -0.25) is 0 Å². The van der Waals surface area contributed by atoms with E-state index in [4.69, 9.17) is 9.26 Å². The fourth-order valence-corrected chi connectivity index (χ4v) is 5.55. The van der Waals surface area contributed by atoms with E-state index in [9.17, 15) is 8.42 Å². The third-order valence-corrected chi connectivity index (χ3v) is 7.36. The van der Waals surface area contributed by atoms with Crippen molar-refractivity contribution in [1.29, 1.82) is 0 Å². The van der Waals surface area contributed by atoms with Crippen molar-refractivity contribution in [2.75, 3.05) is 19.7 Å². The Kier molecular flexibility index (Phi) is 3.50. The van der Waals surface area contributed by atoms with Crippen molar-refractivity contribution in [2.24, 2.45) is 5.92 Å². The van der Waals surface area contributed by atoms with Crippen molar-refractivity contribution in [3.8, 4) is 0 Å². The van der Waals surface area contributed by atoms with Crippen LogP contribution in [-0.4, -0.2) is 53.9 Å². The van der Waals surface area contributed by atoms with Crippen molar-refractivity contribution in [3.05, 3.63) is 11.7 Å². The Morgan fingerprint density at radius 3 is 2.73 bits per heavy atom. The van der Waals surface area contributed by atoms with Gasteiger partial charge in [0, 0.05) is 31.5 Å². The van der Waals surface area contributed by atoms with E-state index in [0.717, 1.165) is 25.7 Å². The van der Waals surface area contributed by atoms with E-state index in [1.54, 1.807) is 11.2 Å². The number of hydrogen-bond donors (Lipinski definition) is 0. The zero-order valence-electron chi connectivity index (χ0n) is 12.6. The molecule has 0 N–H and O–H groups in total. The molecule has 1 saturated carbocycles. The molecule has 0 aromatic carbocycles. The SMILES string of the molecule is Cc1noc([C@@H]2CCO[C@@H]3CCN(S(=O)(=O)C4CC4)C[C@@H]32)n1. The third-order valence-electron chi connectivity index (χ3n) is 5.00. The Morgan fingerprint density at radius 2 is 2.05 bits per heavy atom. The first kappa shape index (κ1) is 14.6. The summed E-state index contributed by atoms with van der Waals surface area (Å²) < 4.78 is 37.9. The molecular weight excluding hydrogens is 306 g/mol. The van der Waals surface area contributed by atoms with Gasteiger partial charge in [-0.1, -0.05) is 5.16 Å². The van der Waals surface area contributed by atoms with Crippen LogP contribution in [0, 0.1) is 12.8 Å². The Balaban J connectivity index is 1.57. The molecule has 3 aliphatic rings. The lowest BCUT2D eigenvalue weighted by Gasteiger charge is -2.43. The van der Waals surface area contributed by atoms with Gasteiger partial charge in [0.1, 0.15) is 0 Å². The molecule has 3 fully saturated rings. The summed E-state index contributed by atoms with van der Waals surface area (Å²) in [6, 6.07) is 0. The van der Waals surface area contributed by atoms with Crippen LogP contribution in [0.25, 0.3) is 0 Å². The highest BCUT2D eigenvalue weighted by molar-refractivity contribution is 7.90. The van der Waals surface area contributed by atoms with Gasteiger partial charge in [-0.15, -0.1) is 0 Å². The molecule has 3 heterocycles. The minimum Gasteiger partial charge on any atom is -0.378 e. The maximum Gasteiger partial charge on any atom is 0.230 e. The lowest BCUT2D eigenvalue weighted by Crippen LogP contribution is -2.51. The van der Waals surface area contributed by atoms with Gasteiger partial charge in [-0.05, 0) is 32.6 Å². The van der Waals surface area contributed by atoms with Crippen LogP contribution in [0.5, 0.6) is 0 Å². The molecule has 0 radical (unpaired) electrons. The first-order valence-electron chi connectivity index (χ1n) is 7.96. The first-order chi connectivity index (χ1) is 10.6. The van der Waals surface area contributed by atoms with E-state index in [1.807, 2.05) is 0 Å². The molecule has 0 spiro atoms. The van der Waals surface area contributed by atoms with E-state index in [2.05, 4.69) is 10.1 Å². The molecule has 0 bridgehead atoms. The number of aromatic nitrogens is 2. The molecule has 4 rings (SSSR count). The third kappa shape index (κ3) is 2.47. The second-order valence-corrected chi connectivity index (χ2v) is 8.75. The highest BCUT2D eigenvalue weighted by Gasteiger charge is 2.47. The van der Waals surface area contributed by atoms with Gasteiger partial charge in [0.05, 0.1) is 11.4 Å². The summed E-state index contributed by atoms with van der Waals surface area (Å²) in [4.78, 5) is 4.36. The fourth-order valence-electron chi connectivity index (χ4n) is 3.66. The molecule has 122 valence electrons. The maximum absolute atomic E-state index is 12.5. The predicted molar refractivity (Wildman–Crippen MR) is 77.8 cm³/mol. The van der Waals surface area contributed by atoms with Crippen LogP contribution in [0.2, 0.25) is 0 Å². The molecule has 0 amide bonds. The van der Waals surface area contributed by atoms with Gasteiger partial charge in [-0.25, -0.2) is 12.7 Å². The minimum absolute atomic E-state index is 0.0941. The number of fused-ring (bicyclic) bond motifs is 1. The second-order valence-electron chi connectivity index (χ2n) is 6.54. The van der Waals surface area contributed by atoms with Crippen molar-refractivity contribution >= 4 is 10.0 Å². The zero-order chi connectivity index (χ0) is 15.3. The predicted octanol–water partition coefficient (Wildman–Crippen LogP) is 1.06. The van der Waals surface area contributed by atoms with Crippen molar-refractivity contribution < 1.29 is 17.7 Å². The second kappa shape index (κ2) is 5.28. The van der Waals surface area contributed by atoms with Gasteiger partial charge < -0.3 is 9.26 Å². The zero-order valence-corrected chi connectivity index (χ0v) is 13.5. The number of ether oxygens (including phenoxy) is 1. The van der Waals surface area contributed by atoms with Crippen molar-refractivity contribution in [2.45, 2.75) is 49.9 Å². The van der Waals surface area contributed by atoms with Gasteiger partial charge in [0.15, 0.2) is 5.82 Å². The van der Waals surface area contributed by atoms with Crippen LogP contribution >= 0.6 is 0 Å². The molecule has 0 unspecified atom stereocenters. The monoisotopic (exact) mass is 327 g/mol. The summed E-state index contributed by atoms with van der Waals surface area (Å²) in [6.07, 6.45) is 3.25. The topological polar surface area (TPSA) is 85.5 Å². The van der Waals surface area contributed by atoms with Crippen molar-refractivity contribution in [3.63, 3.8) is 0 Å². The molecule has 3 atom stereocenters. The summed E-state index contributed by atoms with van der Waals surface area (Å²) >= 11 is 0. The lowest BCUT2D eigenvalue weighted by atomic mass is 9.80. The molecule has 1 aliphatic carbocycles. The number of nitrogens with zero attached hydrogens (tertiary/aromatic N) is 3. The highest BCUT2D eigenvalue weighted by Crippen LogP contribution is 2.41. The summed E-state index contributed by atoms with van der Waals surface area (Å²) in [6.45, 7) is 3.54. The quantitative estimate of drug-likeness (QED) is 0.825. The first-order valence-corrected chi connectivity index (χ1v) is 9.47. The smallest absolute Gasteiger partial charge is 0.230 e. The maximum atomic E-state index is 12.5. The Hall–Kier alpha value is -0.990. The highest BCUT2D eigenvalue weighted by atomic mass is 32.2. The number of hydrogen-bond acceptors (Lipinski definition) is 6. The summed E-state index contributed by atoms with van der Waals surface area (Å²) in [5, 5.41) is 3.72. The molecule has 8 heteroatoms. The van der Waals surface area contributed by atoms with Crippen LogP contribution in [0.1, 0.15) is 43.3 Å². The van der Waals surface area contributed by atoms with Crippen LogP contribution in [-0.2, 0) is 14.8 Å². The van der Waals surface area contributed by atoms with Gasteiger partial charge in [0.25, 0.3) is 0 Å². The normalized spacial score (nSPS) is 33.6. The Bertz CT molecular complexity index is 655. The summed E-state index contributed by atoms with van der Waals surface area (Å²) in [5.41, 5.74) is 0.